The van der Waals surface area contributed by atoms with Crippen molar-refractivity contribution in [3.8, 4) is 6.07 Å². The summed E-state index contributed by atoms with van der Waals surface area (Å²) >= 11 is 3.65. The number of halogens is 3. The Hall–Kier alpha value is -1.75. The van der Waals surface area contributed by atoms with E-state index in [1.165, 1.54) is 6.07 Å². The van der Waals surface area contributed by atoms with E-state index in [2.05, 4.69) is 12.6 Å². The number of hydrogen-bond acceptors (Lipinski definition) is 4. The van der Waals surface area contributed by atoms with Crippen LogP contribution in [-0.2, 0) is 6.18 Å². The fraction of sp³-hybridized carbons (Fsp3) is 0.125. The first-order valence-corrected chi connectivity index (χ1v) is 4.20. The molecule has 8 heteroatoms. The molecule has 0 atom stereocenters. The van der Waals surface area contributed by atoms with E-state index in [9.17, 15) is 23.3 Å². The summed E-state index contributed by atoms with van der Waals surface area (Å²) in [6, 6.07) is 2.77. The highest BCUT2D eigenvalue weighted by Gasteiger charge is 2.40. The molecular weight excluding hydrogens is 245 g/mol. The van der Waals surface area contributed by atoms with Crippen molar-refractivity contribution in [1.29, 1.82) is 5.26 Å². The van der Waals surface area contributed by atoms with Gasteiger partial charge in [0.15, 0.2) is 0 Å². The topological polar surface area (TPSA) is 66.9 Å². The van der Waals surface area contributed by atoms with E-state index < -0.39 is 27.9 Å². The second-order valence-electron chi connectivity index (χ2n) is 2.76. The van der Waals surface area contributed by atoms with Crippen LogP contribution in [0.25, 0.3) is 0 Å². The maximum absolute atomic E-state index is 12.5. The summed E-state index contributed by atoms with van der Waals surface area (Å²) in [5.74, 6) is 0. The predicted molar refractivity (Wildman–Crippen MR) is 50.1 cm³/mol. The Labute approximate surface area is 92.9 Å². The van der Waals surface area contributed by atoms with Crippen molar-refractivity contribution in [3.63, 3.8) is 0 Å². The van der Waals surface area contributed by atoms with Gasteiger partial charge >= 0.3 is 6.18 Å². The van der Waals surface area contributed by atoms with Crippen LogP contribution in [0.4, 0.5) is 18.9 Å². The third kappa shape index (κ3) is 2.25. The summed E-state index contributed by atoms with van der Waals surface area (Å²) in [4.78, 5) is 9.10. The summed E-state index contributed by atoms with van der Waals surface area (Å²) < 4.78 is 37.4. The van der Waals surface area contributed by atoms with Gasteiger partial charge in [-0.25, -0.2) is 0 Å². The number of benzene rings is 1. The molecule has 4 nitrogen and oxygen atoms in total. The van der Waals surface area contributed by atoms with Crippen LogP contribution in [0.15, 0.2) is 17.0 Å². The molecule has 0 spiro atoms. The zero-order valence-electron chi connectivity index (χ0n) is 7.45. The Balaban J connectivity index is 3.66. The lowest BCUT2D eigenvalue weighted by molar-refractivity contribution is -0.388. The maximum atomic E-state index is 12.5. The van der Waals surface area contributed by atoms with Crippen molar-refractivity contribution in [2.24, 2.45) is 0 Å². The lowest BCUT2D eigenvalue weighted by Gasteiger charge is -2.08. The molecule has 0 radical (unpaired) electrons. The van der Waals surface area contributed by atoms with Gasteiger partial charge < -0.3 is 0 Å². The highest BCUT2D eigenvalue weighted by molar-refractivity contribution is 7.80. The lowest BCUT2D eigenvalue weighted by Crippen LogP contribution is -2.10. The molecule has 0 aromatic heterocycles. The van der Waals surface area contributed by atoms with Crippen LogP contribution in [0, 0.1) is 21.4 Å². The summed E-state index contributed by atoms with van der Waals surface area (Å²) in [5, 5.41) is 19.0. The number of nitrogens with zero attached hydrogens (tertiary/aromatic N) is 2. The first-order chi connectivity index (χ1) is 7.27. The SMILES string of the molecule is N#Cc1cc(S)cc(C(F)(F)F)c1[N+](=O)[O-]. The Morgan fingerprint density at radius 3 is 2.38 bits per heavy atom. The van der Waals surface area contributed by atoms with Crippen molar-refractivity contribution in [2.45, 2.75) is 11.1 Å². The van der Waals surface area contributed by atoms with Crippen LogP contribution in [-0.4, -0.2) is 4.92 Å². The smallest absolute Gasteiger partial charge is 0.258 e. The van der Waals surface area contributed by atoms with Gasteiger partial charge in [0.25, 0.3) is 5.69 Å². The van der Waals surface area contributed by atoms with Gasteiger partial charge in [-0.05, 0) is 12.1 Å². The average molecular weight is 248 g/mol. The summed E-state index contributed by atoms with van der Waals surface area (Å²) in [5.41, 5.74) is -3.38. The summed E-state index contributed by atoms with van der Waals surface area (Å²) in [6.07, 6.45) is -4.90. The summed E-state index contributed by atoms with van der Waals surface area (Å²) in [6.45, 7) is 0. The molecule has 0 saturated heterocycles. The number of thiol groups is 1. The summed E-state index contributed by atoms with van der Waals surface area (Å²) in [7, 11) is 0. The molecule has 0 unspecified atom stereocenters. The molecule has 0 bridgehead atoms. The number of nitro benzene ring substituents is 1. The molecule has 0 fully saturated rings. The van der Waals surface area contributed by atoms with Gasteiger partial charge in [0.05, 0.1) is 4.92 Å². The average Bonchev–Trinajstić information content (AvgIpc) is 2.14. The first kappa shape index (κ1) is 12.3. The van der Waals surface area contributed by atoms with Crippen LogP contribution in [0.5, 0.6) is 0 Å². The van der Waals surface area contributed by atoms with Gasteiger partial charge in [0.1, 0.15) is 17.2 Å². The molecule has 0 aliphatic rings. The third-order valence-electron chi connectivity index (χ3n) is 1.70. The lowest BCUT2D eigenvalue weighted by atomic mass is 10.1. The fourth-order valence-electron chi connectivity index (χ4n) is 1.12. The van der Waals surface area contributed by atoms with E-state index in [0.29, 0.717) is 6.07 Å². The molecule has 0 heterocycles. The molecule has 0 aliphatic carbocycles. The number of nitriles is 1. The highest BCUT2D eigenvalue weighted by Crippen LogP contribution is 2.39. The van der Waals surface area contributed by atoms with Gasteiger partial charge in [-0.1, -0.05) is 0 Å². The molecule has 0 amide bonds. The molecular formula is C8H3F3N2O2S. The van der Waals surface area contributed by atoms with Gasteiger partial charge in [-0.15, -0.1) is 12.6 Å². The largest absolute Gasteiger partial charge is 0.423 e. The van der Waals surface area contributed by atoms with Crippen LogP contribution in [0.1, 0.15) is 11.1 Å². The van der Waals surface area contributed by atoms with E-state index in [0.717, 1.165) is 6.07 Å². The molecule has 1 aromatic rings. The monoisotopic (exact) mass is 248 g/mol. The van der Waals surface area contributed by atoms with Crippen LogP contribution >= 0.6 is 12.6 Å². The molecule has 0 N–H and O–H groups in total. The Kier molecular flexibility index (Phi) is 3.09. The van der Waals surface area contributed by atoms with Gasteiger partial charge in [-0.2, -0.15) is 18.4 Å². The van der Waals surface area contributed by atoms with E-state index in [1.807, 2.05) is 0 Å². The molecule has 1 aromatic carbocycles. The van der Waals surface area contributed by atoms with E-state index in [-0.39, 0.29) is 4.90 Å². The predicted octanol–water partition coefficient (Wildman–Crippen LogP) is 2.77. The minimum absolute atomic E-state index is 0.158. The minimum atomic E-state index is -4.90. The highest BCUT2D eigenvalue weighted by atomic mass is 32.1. The fourth-order valence-corrected chi connectivity index (χ4v) is 1.38. The number of rotatable bonds is 1. The van der Waals surface area contributed by atoms with Gasteiger partial charge in [0, 0.05) is 4.90 Å². The molecule has 1 rings (SSSR count). The maximum Gasteiger partial charge on any atom is 0.423 e. The molecule has 0 aliphatic heterocycles. The second kappa shape index (κ2) is 4.02. The Morgan fingerprint density at radius 2 is 2.00 bits per heavy atom. The van der Waals surface area contributed by atoms with E-state index in [4.69, 9.17) is 5.26 Å². The number of hydrogen-bond donors (Lipinski definition) is 1. The number of alkyl halides is 3. The van der Waals surface area contributed by atoms with Crippen molar-refractivity contribution < 1.29 is 18.1 Å². The van der Waals surface area contributed by atoms with Crippen LogP contribution in [0.2, 0.25) is 0 Å². The van der Waals surface area contributed by atoms with Crippen molar-refractivity contribution in [1.82, 2.24) is 0 Å². The molecule has 0 saturated carbocycles. The van der Waals surface area contributed by atoms with E-state index in [1.54, 1.807) is 0 Å². The zero-order valence-corrected chi connectivity index (χ0v) is 8.34. The van der Waals surface area contributed by atoms with Gasteiger partial charge in [-0.3, -0.25) is 10.1 Å². The minimum Gasteiger partial charge on any atom is -0.258 e. The Bertz CT molecular complexity index is 493. The van der Waals surface area contributed by atoms with Crippen LogP contribution in [0.3, 0.4) is 0 Å². The molecule has 84 valence electrons. The quantitative estimate of drug-likeness (QED) is 0.472. The van der Waals surface area contributed by atoms with Crippen LogP contribution < -0.4 is 0 Å². The van der Waals surface area contributed by atoms with Crippen molar-refractivity contribution >= 4 is 18.3 Å². The number of nitro groups is 1. The van der Waals surface area contributed by atoms with Gasteiger partial charge in [0.2, 0.25) is 0 Å². The zero-order chi connectivity index (χ0) is 12.5. The van der Waals surface area contributed by atoms with Crippen molar-refractivity contribution in [3.05, 3.63) is 33.4 Å². The normalized spacial score (nSPS) is 10.9. The Morgan fingerprint density at radius 1 is 1.44 bits per heavy atom. The van der Waals surface area contributed by atoms with Crippen molar-refractivity contribution in [2.75, 3.05) is 0 Å². The molecule has 16 heavy (non-hydrogen) atoms. The standard InChI is InChI=1S/C8H3F3N2O2S/c9-8(10,11)6-2-5(16)1-4(3-12)7(6)13(14)15/h1-2,16H. The third-order valence-corrected chi connectivity index (χ3v) is 1.96. The second-order valence-corrected chi connectivity index (χ2v) is 3.27. The first-order valence-electron chi connectivity index (χ1n) is 3.76. The van der Waals surface area contributed by atoms with E-state index >= 15 is 0 Å².